The lowest BCUT2D eigenvalue weighted by Gasteiger charge is -2.13. The van der Waals surface area contributed by atoms with Gasteiger partial charge in [-0.05, 0) is 77.9 Å². The highest BCUT2D eigenvalue weighted by Gasteiger charge is 2.50. The second kappa shape index (κ2) is 6.27. The largest absolute Gasteiger partial charge is 0.450 e. The zero-order valence-electron chi connectivity index (χ0n) is 14.8. The van der Waals surface area contributed by atoms with Gasteiger partial charge in [0.15, 0.2) is 0 Å². The van der Waals surface area contributed by atoms with E-state index >= 15 is 0 Å². The molecule has 3 heteroatoms. The minimum Gasteiger partial charge on any atom is -0.450 e. The second-order valence-electron chi connectivity index (χ2n) is 7.54. The smallest absolute Gasteiger partial charge is 0.334 e. The van der Waals surface area contributed by atoms with Crippen molar-refractivity contribution in [3.05, 3.63) is 34.4 Å². The van der Waals surface area contributed by atoms with Crippen LogP contribution >= 0.6 is 0 Å². The fraction of sp³-hybridized carbons (Fsp3) is 0.650. The molecule has 3 aliphatic rings. The molecule has 0 aromatic carbocycles. The van der Waals surface area contributed by atoms with Crippen LogP contribution in [0.1, 0.15) is 66.2 Å². The number of fused-ring (bicyclic) bond motifs is 2. The monoisotopic (exact) mass is 316 g/mol. The molecule has 2 heterocycles. The van der Waals surface area contributed by atoms with Crippen molar-refractivity contribution in [2.24, 2.45) is 0 Å². The average Bonchev–Trinajstić information content (AvgIpc) is 3.06. The van der Waals surface area contributed by atoms with E-state index in [1.165, 1.54) is 11.1 Å². The molecule has 3 atom stereocenters. The summed E-state index contributed by atoms with van der Waals surface area (Å²) in [6.07, 6.45) is 10.8. The molecule has 2 aliphatic heterocycles. The van der Waals surface area contributed by atoms with Gasteiger partial charge in [-0.3, -0.25) is 0 Å². The topological polar surface area (TPSA) is 38.8 Å². The third-order valence-electron chi connectivity index (χ3n) is 5.56. The van der Waals surface area contributed by atoms with Crippen molar-refractivity contribution in [1.82, 2.24) is 0 Å². The molecule has 0 amide bonds. The minimum absolute atomic E-state index is 0.0721. The quantitative estimate of drug-likeness (QED) is 0.371. The summed E-state index contributed by atoms with van der Waals surface area (Å²) in [6.45, 7) is 8.44. The van der Waals surface area contributed by atoms with Crippen LogP contribution < -0.4 is 0 Å². The first-order valence-electron chi connectivity index (χ1n) is 8.80. The van der Waals surface area contributed by atoms with Crippen LogP contribution in [0.3, 0.4) is 0 Å². The number of carbonyl (C=O) groups is 1. The summed E-state index contributed by atoms with van der Waals surface area (Å²) in [5, 5.41) is 0. The van der Waals surface area contributed by atoms with Crippen LogP contribution in [0.4, 0.5) is 0 Å². The number of rotatable bonds is 0. The summed E-state index contributed by atoms with van der Waals surface area (Å²) in [6, 6.07) is 0. The Bertz CT molecular complexity index is 596. The SMILES string of the molecule is CC1=C2CC/C(C)=C\CCC3(C)OC3CC/C(C)=C/C2OC1=O. The van der Waals surface area contributed by atoms with E-state index in [1.54, 1.807) is 0 Å². The van der Waals surface area contributed by atoms with Gasteiger partial charge in [0.1, 0.15) is 6.10 Å². The normalized spacial score (nSPS) is 40.1. The zero-order chi connectivity index (χ0) is 16.6. The molecule has 1 aliphatic carbocycles. The summed E-state index contributed by atoms with van der Waals surface area (Å²) in [5.41, 5.74) is 4.71. The number of ether oxygens (including phenoxy) is 2. The van der Waals surface area contributed by atoms with Crippen molar-refractivity contribution in [3.8, 4) is 0 Å². The maximum Gasteiger partial charge on any atom is 0.334 e. The molecule has 1 saturated heterocycles. The Kier molecular flexibility index (Phi) is 4.50. The molecule has 3 nitrogen and oxygen atoms in total. The van der Waals surface area contributed by atoms with Crippen molar-refractivity contribution in [3.63, 3.8) is 0 Å². The Hall–Kier alpha value is -1.35. The molecule has 0 spiro atoms. The molecular weight excluding hydrogens is 288 g/mol. The number of hydrogen-bond donors (Lipinski definition) is 0. The average molecular weight is 316 g/mol. The molecule has 23 heavy (non-hydrogen) atoms. The van der Waals surface area contributed by atoms with E-state index in [-0.39, 0.29) is 17.7 Å². The zero-order valence-corrected chi connectivity index (χ0v) is 14.8. The predicted octanol–water partition coefficient (Wildman–Crippen LogP) is 4.63. The number of epoxide rings is 1. The highest BCUT2D eigenvalue weighted by atomic mass is 16.6. The first-order valence-corrected chi connectivity index (χ1v) is 8.80. The third-order valence-corrected chi connectivity index (χ3v) is 5.56. The van der Waals surface area contributed by atoms with Crippen LogP contribution in [0.15, 0.2) is 34.4 Å². The van der Waals surface area contributed by atoms with Gasteiger partial charge in [-0.1, -0.05) is 17.2 Å². The highest BCUT2D eigenvalue weighted by molar-refractivity contribution is 5.92. The van der Waals surface area contributed by atoms with E-state index in [9.17, 15) is 4.79 Å². The van der Waals surface area contributed by atoms with E-state index in [2.05, 4.69) is 32.9 Å². The van der Waals surface area contributed by atoms with Crippen LogP contribution in [0.25, 0.3) is 0 Å². The van der Waals surface area contributed by atoms with Crippen molar-refractivity contribution >= 4 is 5.97 Å². The Balaban J connectivity index is 1.80. The number of carbonyl (C=O) groups excluding carboxylic acids is 1. The van der Waals surface area contributed by atoms with Crippen molar-refractivity contribution < 1.29 is 14.3 Å². The number of allylic oxidation sites excluding steroid dienone is 3. The molecular formula is C20H28O3. The molecule has 3 unspecified atom stereocenters. The number of esters is 1. The minimum atomic E-state index is -0.162. The van der Waals surface area contributed by atoms with Gasteiger partial charge >= 0.3 is 5.97 Å². The van der Waals surface area contributed by atoms with E-state index in [0.717, 1.165) is 49.7 Å². The molecule has 3 rings (SSSR count). The first kappa shape index (κ1) is 16.5. The fourth-order valence-electron chi connectivity index (χ4n) is 3.70. The highest BCUT2D eigenvalue weighted by Crippen LogP contribution is 2.44. The van der Waals surface area contributed by atoms with Crippen LogP contribution in [-0.2, 0) is 14.3 Å². The molecule has 0 saturated carbocycles. The van der Waals surface area contributed by atoms with Gasteiger partial charge in [-0.15, -0.1) is 0 Å². The maximum absolute atomic E-state index is 11.9. The maximum atomic E-state index is 11.9. The lowest BCUT2D eigenvalue weighted by molar-refractivity contribution is -0.138. The van der Waals surface area contributed by atoms with Crippen LogP contribution in [0.5, 0.6) is 0 Å². The summed E-state index contributed by atoms with van der Waals surface area (Å²) < 4.78 is 11.5. The Morgan fingerprint density at radius 1 is 1.13 bits per heavy atom. The molecule has 0 aromatic rings. The summed E-state index contributed by atoms with van der Waals surface area (Å²) in [4.78, 5) is 11.9. The lowest BCUT2D eigenvalue weighted by atomic mass is 9.93. The third kappa shape index (κ3) is 3.60. The van der Waals surface area contributed by atoms with Crippen molar-refractivity contribution in [1.29, 1.82) is 0 Å². The van der Waals surface area contributed by atoms with Crippen molar-refractivity contribution in [2.45, 2.75) is 84.0 Å². The lowest BCUT2D eigenvalue weighted by Crippen LogP contribution is -2.11. The van der Waals surface area contributed by atoms with Crippen LogP contribution in [0.2, 0.25) is 0 Å². The standard InChI is InChI=1S/C20H28O3/c1-13-6-5-11-20(4)18(23-20)10-8-14(2)12-17-16(9-7-13)15(3)19(21)22-17/h6,12,17-18H,5,7-11H2,1-4H3/b13-6-,14-12+. The van der Waals surface area contributed by atoms with Crippen molar-refractivity contribution in [2.75, 3.05) is 0 Å². The molecule has 0 bridgehead atoms. The van der Waals surface area contributed by atoms with Crippen LogP contribution in [0, 0.1) is 0 Å². The predicted molar refractivity (Wildman–Crippen MR) is 91.1 cm³/mol. The second-order valence-corrected chi connectivity index (χ2v) is 7.54. The summed E-state index contributed by atoms with van der Waals surface area (Å²) in [7, 11) is 0. The van der Waals surface area contributed by atoms with E-state index in [4.69, 9.17) is 9.47 Å². The Labute approximate surface area is 139 Å². The molecule has 0 aromatic heterocycles. The van der Waals surface area contributed by atoms with Gasteiger partial charge in [-0.25, -0.2) is 4.79 Å². The summed E-state index contributed by atoms with van der Waals surface area (Å²) in [5.74, 6) is -0.155. The van der Waals surface area contributed by atoms with E-state index in [0.29, 0.717) is 6.10 Å². The fourth-order valence-corrected chi connectivity index (χ4v) is 3.70. The van der Waals surface area contributed by atoms with Gasteiger partial charge < -0.3 is 9.47 Å². The van der Waals surface area contributed by atoms with Gasteiger partial charge in [0, 0.05) is 5.57 Å². The van der Waals surface area contributed by atoms with Gasteiger partial charge in [0.25, 0.3) is 0 Å². The van der Waals surface area contributed by atoms with Gasteiger partial charge in [0.05, 0.1) is 11.7 Å². The van der Waals surface area contributed by atoms with Gasteiger partial charge in [-0.2, -0.15) is 0 Å². The summed E-state index contributed by atoms with van der Waals surface area (Å²) >= 11 is 0. The Morgan fingerprint density at radius 2 is 1.91 bits per heavy atom. The first-order chi connectivity index (χ1) is 10.9. The van der Waals surface area contributed by atoms with Gasteiger partial charge in [0.2, 0.25) is 0 Å². The molecule has 0 N–H and O–H groups in total. The molecule has 0 radical (unpaired) electrons. The van der Waals surface area contributed by atoms with E-state index in [1.807, 2.05) is 6.92 Å². The molecule has 1 fully saturated rings. The van der Waals surface area contributed by atoms with E-state index < -0.39 is 0 Å². The molecule has 126 valence electrons. The van der Waals surface area contributed by atoms with Crippen LogP contribution in [-0.4, -0.2) is 23.8 Å². The number of hydrogen-bond acceptors (Lipinski definition) is 3. The Morgan fingerprint density at radius 3 is 2.70 bits per heavy atom.